The number of hydrogen-bond donors (Lipinski definition) is 0. The smallest absolute Gasteiger partial charge is 0.247 e. The summed E-state index contributed by atoms with van der Waals surface area (Å²) in [5.41, 5.74) is 0. The van der Waals surface area contributed by atoms with Crippen molar-refractivity contribution >= 4 is 21.6 Å². The lowest BCUT2D eigenvalue weighted by atomic mass is 10.1. The van der Waals surface area contributed by atoms with Crippen LogP contribution in [0.1, 0.15) is 26.2 Å². The van der Waals surface area contributed by atoms with Gasteiger partial charge in [0.05, 0.1) is 19.2 Å². The minimum atomic E-state index is -3.63. The number of nitrogens with zero attached hydrogens (tertiary/aromatic N) is 1. The van der Waals surface area contributed by atoms with Crippen LogP contribution in [-0.4, -0.2) is 39.5 Å². The summed E-state index contributed by atoms with van der Waals surface area (Å²) in [4.78, 5) is 0.0972. The summed E-state index contributed by atoms with van der Waals surface area (Å²) in [7, 11) is -0.754. The van der Waals surface area contributed by atoms with Crippen LogP contribution in [-0.2, 0) is 10.0 Å². The summed E-state index contributed by atoms with van der Waals surface area (Å²) in [6, 6.07) is 2.88. The molecule has 0 radical (unpaired) electrons. The van der Waals surface area contributed by atoms with E-state index in [-0.39, 0.29) is 16.7 Å². The van der Waals surface area contributed by atoms with Crippen molar-refractivity contribution in [3.8, 4) is 11.5 Å². The SMILES string of the molecule is COc1cc(S(=O)(=O)N2CCCC[C@H]2C)c(OC)cc1Cl. The Bertz CT molecular complexity index is 618. The molecule has 0 aliphatic carbocycles. The van der Waals surface area contributed by atoms with Gasteiger partial charge in [-0.25, -0.2) is 8.42 Å². The number of sulfonamides is 1. The summed E-state index contributed by atoms with van der Waals surface area (Å²) < 4.78 is 37.7. The Kier molecular flexibility index (Phi) is 5.01. The van der Waals surface area contributed by atoms with Gasteiger partial charge in [-0.15, -0.1) is 0 Å². The van der Waals surface area contributed by atoms with Gasteiger partial charge in [-0.2, -0.15) is 4.31 Å². The molecule has 1 fully saturated rings. The van der Waals surface area contributed by atoms with Gasteiger partial charge in [0.2, 0.25) is 10.0 Å². The zero-order chi connectivity index (χ0) is 15.6. The van der Waals surface area contributed by atoms with Crippen LogP contribution in [0.3, 0.4) is 0 Å². The maximum Gasteiger partial charge on any atom is 0.247 e. The molecule has 1 saturated heterocycles. The highest BCUT2D eigenvalue weighted by Gasteiger charge is 2.33. The van der Waals surface area contributed by atoms with Gasteiger partial charge < -0.3 is 9.47 Å². The second kappa shape index (κ2) is 6.42. The summed E-state index contributed by atoms with van der Waals surface area (Å²) in [5.74, 6) is 0.555. The first-order chi connectivity index (χ1) is 9.91. The minimum absolute atomic E-state index is 0.0184. The molecule has 0 saturated carbocycles. The summed E-state index contributed by atoms with van der Waals surface area (Å²) in [6.07, 6.45) is 2.79. The number of methoxy groups -OCH3 is 2. The van der Waals surface area contributed by atoms with Crippen molar-refractivity contribution in [2.45, 2.75) is 37.1 Å². The van der Waals surface area contributed by atoms with E-state index in [1.165, 1.54) is 30.7 Å². The average molecular weight is 334 g/mol. The quantitative estimate of drug-likeness (QED) is 0.850. The predicted molar refractivity (Wildman–Crippen MR) is 81.8 cm³/mol. The molecule has 2 rings (SSSR count). The van der Waals surface area contributed by atoms with E-state index in [1.54, 1.807) is 0 Å². The lowest BCUT2D eigenvalue weighted by Gasteiger charge is -2.32. The van der Waals surface area contributed by atoms with Gasteiger partial charge in [0, 0.05) is 24.7 Å². The molecule has 0 N–H and O–H groups in total. The minimum Gasteiger partial charge on any atom is -0.495 e. The monoisotopic (exact) mass is 333 g/mol. The molecular formula is C14H20ClNO4S. The number of hydrogen-bond acceptors (Lipinski definition) is 4. The predicted octanol–water partition coefficient (Wildman–Crippen LogP) is 2.92. The number of ether oxygens (including phenoxy) is 2. The first-order valence-corrected chi connectivity index (χ1v) is 8.67. The third kappa shape index (κ3) is 3.12. The lowest BCUT2D eigenvalue weighted by Crippen LogP contribution is -2.42. The largest absolute Gasteiger partial charge is 0.495 e. The molecule has 1 atom stereocenters. The summed E-state index contributed by atoms with van der Waals surface area (Å²) in [6.45, 7) is 2.45. The Hall–Kier alpha value is -0.980. The Balaban J connectivity index is 2.52. The normalized spacial score (nSPS) is 20.3. The van der Waals surface area contributed by atoms with E-state index < -0.39 is 10.0 Å². The molecule has 7 heteroatoms. The Morgan fingerprint density at radius 3 is 2.43 bits per heavy atom. The van der Waals surface area contributed by atoms with Crippen LogP contribution in [0.5, 0.6) is 11.5 Å². The molecule has 1 aromatic carbocycles. The fourth-order valence-electron chi connectivity index (χ4n) is 2.59. The van der Waals surface area contributed by atoms with Gasteiger partial charge in [-0.05, 0) is 19.8 Å². The van der Waals surface area contributed by atoms with Gasteiger partial charge >= 0.3 is 0 Å². The molecular weight excluding hydrogens is 314 g/mol. The number of benzene rings is 1. The third-order valence-electron chi connectivity index (χ3n) is 3.77. The lowest BCUT2D eigenvalue weighted by molar-refractivity contribution is 0.267. The van der Waals surface area contributed by atoms with Crippen LogP contribution in [0.25, 0.3) is 0 Å². The highest BCUT2D eigenvalue weighted by Crippen LogP contribution is 2.37. The average Bonchev–Trinajstić information content (AvgIpc) is 2.46. The van der Waals surface area contributed by atoms with Gasteiger partial charge in [-0.3, -0.25) is 0 Å². The molecule has 1 aliphatic rings. The van der Waals surface area contributed by atoms with Crippen LogP contribution in [0.4, 0.5) is 0 Å². The number of halogens is 1. The second-order valence-corrected chi connectivity index (χ2v) is 7.36. The third-order valence-corrected chi connectivity index (χ3v) is 6.10. The van der Waals surface area contributed by atoms with Crippen LogP contribution in [0, 0.1) is 0 Å². The van der Waals surface area contributed by atoms with Crippen LogP contribution < -0.4 is 9.47 Å². The Morgan fingerprint density at radius 1 is 1.19 bits per heavy atom. The topological polar surface area (TPSA) is 55.8 Å². The van der Waals surface area contributed by atoms with Gasteiger partial charge in [-0.1, -0.05) is 18.0 Å². The Labute approximate surface area is 130 Å². The molecule has 1 heterocycles. The first kappa shape index (κ1) is 16.4. The van der Waals surface area contributed by atoms with E-state index in [4.69, 9.17) is 21.1 Å². The molecule has 0 aromatic heterocycles. The first-order valence-electron chi connectivity index (χ1n) is 6.85. The van der Waals surface area contributed by atoms with Crippen LogP contribution >= 0.6 is 11.6 Å². The molecule has 1 aliphatic heterocycles. The molecule has 0 bridgehead atoms. The van der Waals surface area contributed by atoms with Gasteiger partial charge in [0.15, 0.2) is 0 Å². The van der Waals surface area contributed by atoms with Crippen molar-refractivity contribution in [2.24, 2.45) is 0 Å². The maximum absolute atomic E-state index is 12.9. The van der Waals surface area contributed by atoms with E-state index in [1.807, 2.05) is 6.92 Å². The van der Waals surface area contributed by atoms with E-state index in [0.29, 0.717) is 17.3 Å². The highest BCUT2D eigenvalue weighted by atomic mass is 35.5. The van der Waals surface area contributed by atoms with Crippen LogP contribution in [0.2, 0.25) is 5.02 Å². The zero-order valence-corrected chi connectivity index (χ0v) is 14.0. The molecule has 5 nitrogen and oxygen atoms in total. The van der Waals surface area contributed by atoms with Crippen molar-refractivity contribution in [3.05, 3.63) is 17.2 Å². The van der Waals surface area contributed by atoms with Crippen molar-refractivity contribution in [1.82, 2.24) is 4.31 Å². The van der Waals surface area contributed by atoms with E-state index in [9.17, 15) is 8.42 Å². The zero-order valence-electron chi connectivity index (χ0n) is 12.4. The summed E-state index contributed by atoms with van der Waals surface area (Å²) in [5, 5.41) is 0.319. The number of piperidine rings is 1. The van der Waals surface area contributed by atoms with Gasteiger partial charge in [0.25, 0.3) is 0 Å². The van der Waals surface area contributed by atoms with Crippen molar-refractivity contribution in [1.29, 1.82) is 0 Å². The van der Waals surface area contributed by atoms with E-state index >= 15 is 0 Å². The van der Waals surface area contributed by atoms with Gasteiger partial charge in [0.1, 0.15) is 16.4 Å². The molecule has 1 aromatic rings. The number of rotatable bonds is 4. The van der Waals surface area contributed by atoms with Crippen molar-refractivity contribution in [2.75, 3.05) is 20.8 Å². The summed E-state index contributed by atoms with van der Waals surface area (Å²) >= 11 is 6.03. The van der Waals surface area contributed by atoms with Crippen molar-refractivity contribution in [3.63, 3.8) is 0 Å². The maximum atomic E-state index is 12.9. The standard InChI is InChI=1S/C14H20ClNO4S/c1-10-6-4-5-7-16(10)21(17,18)14-9-12(19-2)11(15)8-13(14)20-3/h8-10H,4-7H2,1-3H3/t10-/m1/s1. The van der Waals surface area contributed by atoms with Crippen molar-refractivity contribution < 1.29 is 17.9 Å². The van der Waals surface area contributed by atoms with E-state index in [0.717, 1.165) is 19.3 Å². The molecule has 21 heavy (non-hydrogen) atoms. The fourth-order valence-corrected chi connectivity index (χ4v) is 4.67. The molecule has 118 valence electrons. The van der Waals surface area contributed by atoms with Crippen LogP contribution in [0.15, 0.2) is 17.0 Å². The fraction of sp³-hybridized carbons (Fsp3) is 0.571. The molecule has 0 spiro atoms. The molecule has 0 amide bonds. The van der Waals surface area contributed by atoms with E-state index in [2.05, 4.69) is 0 Å². The Morgan fingerprint density at radius 2 is 1.86 bits per heavy atom. The molecule has 0 unspecified atom stereocenters. The second-order valence-electron chi connectivity index (χ2n) is 5.10. The highest BCUT2D eigenvalue weighted by molar-refractivity contribution is 7.89.